The highest BCUT2D eigenvalue weighted by Crippen LogP contribution is 2.26. The molecule has 28 heavy (non-hydrogen) atoms. The maximum atomic E-state index is 12.5. The van der Waals surface area contributed by atoms with Crippen LogP contribution in [-0.2, 0) is 19.3 Å². The Hall–Kier alpha value is -1.99. The van der Waals surface area contributed by atoms with Crippen LogP contribution in [0.15, 0.2) is 39.0 Å². The molecule has 0 atom stereocenters. The number of unbranched alkanes of at least 4 members (excludes halogenated alkanes) is 4. The lowest BCUT2D eigenvalue weighted by Crippen LogP contribution is -2.29. The minimum atomic E-state index is -0.445. The molecular weight excluding hydrogens is 396 g/mol. The van der Waals surface area contributed by atoms with Crippen molar-refractivity contribution in [3.63, 3.8) is 0 Å². The predicted octanol–water partition coefficient (Wildman–Crippen LogP) is 4.34. The number of aryl methyl sites for hydroxylation is 2. The number of nitrogens with one attached hydrogen (secondary N) is 1. The van der Waals surface area contributed by atoms with Crippen LogP contribution < -0.4 is 11.2 Å². The Morgan fingerprint density at radius 1 is 1.11 bits per heavy atom. The molecule has 2 aromatic heterocycles. The van der Waals surface area contributed by atoms with Gasteiger partial charge in [0, 0.05) is 24.4 Å². The van der Waals surface area contributed by atoms with Crippen LogP contribution >= 0.6 is 23.4 Å². The van der Waals surface area contributed by atoms with Gasteiger partial charge in [0.2, 0.25) is 0 Å². The molecule has 1 aromatic carbocycles. The minimum Gasteiger partial charge on any atom is -0.313 e. The van der Waals surface area contributed by atoms with E-state index in [9.17, 15) is 9.59 Å². The molecule has 0 aliphatic carbocycles. The summed E-state index contributed by atoms with van der Waals surface area (Å²) in [5, 5.41) is 1.46. The SMILES string of the molecule is CCCCCCCn1c(SCc2ccc(Cl)cc2)nc2c1c(=O)[nH]c(=O)n2C. The molecule has 0 fully saturated rings. The number of H-pyrrole nitrogens is 1. The third kappa shape index (κ3) is 4.70. The van der Waals surface area contributed by atoms with Gasteiger partial charge in [-0.25, -0.2) is 9.78 Å². The van der Waals surface area contributed by atoms with Crippen LogP contribution in [0.5, 0.6) is 0 Å². The van der Waals surface area contributed by atoms with E-state index in [4.69, 9.17) is 11.6 Å². The number of thioether (sulfide) groups is 1. The highest BCUT2D eigenvalue weighted by atomic mass is 35.5. The number of aromatic nitrogens is 4. The summed E-state index contributed by atoms with van der Waals surface area (Å²) in [6.07, 6.45) is 5.68. The van der Waals surface area contributed by atoms with Crippen LogP contribution in [0.3, 0.4) is 0 Å². The number of hydrogen-bond acceptors (Lipinski definition) is 4. The number of benzene rings is 1. The molecule has 0 spiro atoms. The number of nitrogens with zero attached hydrogens (tertiary/aromatic N) is 3. The number of fused-ring (bicyclic) bond motifs is 1. The maximum Gasteiger partial charge on any atom is 0.329 e. The number of halogens is 1. The molecule has 0 radical (unpaired) electrons. The molecule has 0 aliphatic rings. The van der Waals surface area contributed by atoms with Crippen molar-refractivity contribution in [3.8, 4) is 0 Å². The van der Waals surface area contributed by atoms with E-state index < -0.39 is 5.69 Å². The van der Waals surface area contributed by atoms with Crippen LogP contribution in [0, 0.1) is 0 Å². The van der Waals surface area contributed by atoms with Crippen LogP contribution in [0.2, 0.25) is 5.02 Å². The quantitative estimate of drug-likeness (QED) is 0.413. The van der Waals surface area contributed by atoms with E-state index in [-0.39, 0.29) is 5.56 Å². The van der Waals surface area contributed by atoms with Crippen molar-refractivity contribution < 1.29 is 0 Å². The standard InChI is InChI=1S/C20H25ClN4O2S/c1-3-4-5-6-7-12-25-16-17(24(2)19(27)23-18(16)26)22-20(25)28-13-14-8-10-15(21)11-9-14/h8-11H,3-7,12-13H2,1-2H3,(H,23,26,27). The Kier molecular flexibility index (Phi) is 7.02. The van der Waals surface area contributed by atoms with Gasteiger partial charge < -0.3 is 4.57 Å². The normalized spacial score (nSPS) is 11.4. The molecule has 8 heteroatoms. The second kappa shape index (κ2) is 9.47. The fraction of sp³-hybridized carbons (Fsp3) is 0.450. The van der Waals surface area contributed by atoms with Crippen molar-refractivity contribution >= 4 is 34.5 Å². The highest BCUT2D eigenvalue weighted by Gasteiger charge is 2.17. The van der Waals surface area contributed by atoms with Crippen LogP contribution in [0.1, 0.15) is 44.6 Å². The van der Waals surface area contributed by atoms with E-state index in [1.54, 1.807) is 18.8 Å². The lowest BCUT2D eigenvalue weighted by molar-refractivity contribution is 0.552. The molecule has 2 heterocycles. The summed E-state index contributed by atoms with van der Waals surface area (Å²) >= 11 is 7.52. The first kappa shape index (κ1) is 20.7. The number of imidazole rings is 1. The molecule has 0 saturated carbocycles. The van der Waals surface area contributed by atoms with Gasteiger partial charge in [0.15, 0.2) is 16.3 Å². The number of rotatable bonds is 9. The Bertz CT molecular complexity index is 1050. The smallest absolute Gasteiger partial charge is 0.313 e. The summed E-state index contributed by atoms with van der Waals surface area (Å²) in [6, 6.07) is 7.69. The summed E-state index contributed by atoms with van der Waals surface area (Å²) in [4.78, 5) is 31.5. The van der Waals surface area contributed by atoms with Crippen molar-refractivity contribution in [1.29, 1.82) is 0 Å². The first-order chi connectivity index (χ1) is 13.5. The number of hydrogen-bond donors (Lipinski definition) is 1. The third-order valence-electron chi connectivity index (χ3n) is 4.74. The fourth-order valence-electron chi connectivity index (χ4n) is 3.13. The van der Waals surface area contributed by atoms with E-state index in [0.29, 0.717) is 28.5 Å². The summed E-state index contributed by atoms with van der Waals surface area (Å²) in [5.74, 6) is 0.710. The fourth-order valence-corrected chi connectivity index (χ4v) is 4.24. The molecule has 150 valence electrons. The predicted molar refractivity (Wildman–Crippen MR) is 115 cm³/mol. The Labute approximate surface area is 172 Å². The zero-order chi connectivity index (χ0) is 20.1. The van der Waals surface area contributed by atoms with Gasteiger partial charge >= 0.3 is 5.69 Å². The molecule has 0 saturated heterocycles. The monoisotopic (exact) mass is 420 g/mol. The topological polar surface area (TPSA) is 72.7 Å². The van der Waals surface area contributed by atoms with Gasteiger partial charge in [-0.15, -0.1) is 0 Å². The maximum absolute atomic E-state index is 12.5. The van der Waals surface area contributed by atoms with Crippen molar-refractivity contribution in [1.82, 2.24) is 19.1 Å². The Morgan fingerprint density at radius 3 is 2.54 bits per heavy atom. The first-order valence-electron chi connectivity index (χ1n) is 9.58. The molecule has 3 aromatic rings. The second-order valence-corrected chi connectivity index (χ2v) is 8.24. The molecule has 0 unspecified atom stereocenters. The van der Waals surface area contributed by atoms with Crippen LogP contribution in [-0.4, -0.2) is 19.1 Å². The van der Waals surface area contributed by atoms with Gasteiger partial charge in [0.25, 0.3) is 5.56 Å². The average molecular weight is 421 g/mol. The molecule has 3 rings (SSSR count). The van der Waals surface area contributed by atoms with E-state index in [2.05, 4.69) is 16.9 Å². The van der Waals surface area contributed by atoms with Crippen molar-refractivity contribution in [2.75, 3.05) is 0 Å². The molecule has 0 bridgehead atoms. The van der Waals surface area contributed by atoms with Gasteiger partial charge in [-0.3, -0.25) is 14.3 Å². The molecule has 0 aliphatic heterocycles. The first-order valence-corrected chi connectivity index (χ1v) is 10.9. The largest absolute Gasteiger partial charge is 0.329 e. The third-order valence-corrected chi connectivity index (χ3v) is 6.04. The molecule has 6 nitrogen and oxygen atoms in total. The summed E-state index contributed by atoms with van der Waals surface area (Å²) in [5.41, 5.74) is 1.20. The zero-order valence-corrected chi connectivity index (χ0v) is 17.8. The molecule has 1 N–H and O–H groups in total. The van der Waals surface area contributed by atoms with E-state index in [1.165, 1.54) is 23.8 Å². The Morgan fingerprint density at radius 2 is 1.82 bits per heavy atom. The summed E-state index contributed by atoms with van der Waals surface area (Å²) in [7, 11) is 1.63. The molecular formula is C20H25ClN4O2S. The lowest BCUT2D eigenvalue weighted by atomic mass is 10.1. The van der Waals surface area contributed by atoms with Crippen molar-refractivity contribution in [3.05, 3.63) is 55.7 Å². The van der Waals surface area contributed by atoms with Crippen molar-refractivity contribution in [2.24, 2.45) is 7.05 Å². The van der Waals surface area contributed by atoms with Gasteiger partial charge in [-0.05, 0) is 24.1 Å². The second-order valence-electron chi connectivity index (χ2n) is 6.87. The van der Waals surface area contributed by atoms with Gasteiger partial charge in [-0.1, -0.05) is 68.1 Å². The van der Waals surface area contributed by atoms with Gasteiger partial charge in [-0.2, -0.15) is 0 Å². The highest BCUT2D eigenvalue weighted by molar-refractivity contribution is 7.98. The van der Waals surface area contributed by atoms with Crippen LogP contribution in [0.4, 0.5) is 0 Å². The summed E-state index contributed by atoms with van der Waals surface area (Å²) in [6.45, 7) is 2.90. The van der Waals surface area contributed by atoms with E-state index >= 15 is 0 Å². The van der Waals surface area contributed by atoms with E-state index in [0.717, 1.165) is 23.6 Å². The van der Waals surface area contributed by atoms with Crippen molar-refractivity contribution in [2.45, 2.75) is 56.5 Å². The molecule has 0 amide bonds. The lowest BCUT2D eigenvalue weighted by Gasteiger charge is -2.08. The zero-order valence-electron chi connectivity index (χ0n) is 16.2. The summed E-state index contributed by atoms with van der Waals surface area (Å²) < 4.78 is 3.36. The number of aromatic amines is 1. The Balaban J connectivity index is 1.90. The van der Waals surface area contributed by atoms with Gasteiger partial charge in [0.05, 0.1) is 0 Å². The minimum absolute atomic E-state index is 0.377. The average Bonchev–Trinajstić information content (AvgIpc) is 3.05. The van der Waals surface area contributed by atoms with E-state index in [1.807, 2.05) is 28.8 Å². The van der Waals surface area contributed by atoms with Crippen LogP contribution in [0.25, 0.3) is 11.2 Å². The van der Waals surface area contributed by atoms with Gasteiger partial charge in [0.1, 0.15) is 0 Å².